The molecule has 176 valence electrons. The first kappa shape index (κ1) is 24.0. The molecule has 0 saturated carbocycles. The van der Waals surface area contributed by atoms with Crippen LogP contribution in [0.2, 0.25) is 0 Å². The van der Waals surface area contributed by atoms with Gasteiger partial charge in [-0.05, 0) is 30.7 Å². The van der Waals surface area contributed by atoms with Crippen LogP contribution in [0.15, 0.2) is 46.6 Å². The van der Waals surface area contributed by atoms with Crippen LogP contribution in [-0.2, 0) is 20.0 Å². The van der Waals surface area contributed by atoms with Gasteiger partial charge in [-0.3, -0.25) is 9.88 Å². The number of H-pyrrole nitrogens is 1. The second kappa shape index (κ2) is 11.8. The molecular weight excluding hydrogens is 460 g/mol. The maximum atomic E-state index is 10.6. The second-order valence-electron chi connectivity index (χ2n) is 7.78. The van der Waals surface area contributed by atoms with E-state index in [4.69, 9.17) is 14.6 Å². The zero-order chi connectivity index (χ0) is 23.0. The van der Waals surface area contributed by atoms with Gasteiger partial charge in [0.25, 0.3) is 0 Å². The number of carboxylic acids is 1. The molecule has 0 radical (unpaired) electrons. The van der Waals surface area contributed by atoms with Crippen LogP contribution >= 0.6 is 23.5 Å². The number of carbonyl (C=O) groups is 1. The van der Waals surface area contributed by atoms with E-state index < -0.39 is 5.97 Å². The van der Waals surface area contributed by atoms with Gasteiger partial charge in [0.05, 0.1) is 36.0 Å². The van der Waals surface area contributed by atoms with E-state index in [0.717, 1.165) is 53.0 Å². The number of ether oxygens (including phenoxy) is 2. The van der Waals surface area contributed by atoms with Crippen LogP contribution in [0.3, 0.4) is 0 Å². The molecule has 10 heteroatoms. The van der Waals surface area contributed by atoms with E-state index in [-0.39, 0.29) is 12.7 Å². The average molecular weight is 489 g/mol. The van der Waals surface area contributed by atoms with Crippen molar-refractivity contribution in [1.29, 1.82) is 0 Å². The van der Waals surface area contributed by atoms with Crippen molar-refractivity contribution in [2.45, 2.75) is 28.8 Å². The molecular formula is C23H28N4O4S2. The number of fused-ring (bicyclic) bond motifs is 1. The molecule has 1 fully saturated rings. The average Bonchev–Trinajstić information content (AvgIpc) is 3.22. The van der Waals surface area contributed by atoms with Gasteiger partial charge in [0, 0.05) is 42.2 Å². The molecule has 0 bridgehead atoms. The number of benzene rings is 1. The molecule has 1 saturated heterocycles. The van der Waals surface area contributed by atoms with E-state index in [9.17, 15) is 4.79 Å². The number of nitrogens with zero attached hydrogens (tertiary/aromatic N) is 3. The minimum absolute atomic E-state index is 0.0763. The molecule has 8 nitrogen and oxygen atoms in total. The molecule has 1 aliphatic rings. The summed E-state index contributed by atoms with van der Waals surface area (Å²) in [6.45, 7) is 5.38. The van der Waals surface area contributed by atoms with Gasteiger partial charge >= 0.3 is 5.97 Å². The number of morpholine rings is 1. The zero-order valence-corrected chi connectivity index (χ0v) is 20.2. The lowest BCUT2D eigenvalue weighted by atomic mass is 10.2. The summed E-state index contributed by atoms with van der Waals surface area (Å²) < 4.78 is 10.9. The number of hydrogen-bond acceptors (Lipinski definition) is 8. The van der Waals surface area contributed by atoms with Gasteiger partial charge in [-0.25, -0.2) is 9.78 Å². The van der Waals surface area contributed by atoms with Crippen LogP contribution in [0, 0.1) is 6.92 Å². The quantitative estimate of drug-likeness (QED) is 0.393. The van der Waals surface area contributed by atoms with E-state index >= 15 is 0 Å². The van der Waals surface area contributed by atoms with Crippen LogP contribution in [0.1, 0.15) is 11.3 Å². The zero-order valence-electron chi connectivity index (χ0n) is 18.5. The summed E-state index contributed by atoms with van der Waals surface area (Å²) in [4.78, 5) is 26.8. The van der Waals surface area contributed by atoms with Gasteiger partial charge in [0.15, 0.2) is 5.16 Å². The van der Waals surface area contributed by atoms with E-state index in [1.807, 2.05) is 42.2 Å². The van der Waals surface area contributed by atoms with Crippen molar-refractivity contribution in [2.24, 2.45) is 0 Å². The maximum absolute atomic E-state index is 10.6. The summed E-state index contributed by atoms with van der Waals surface area (Å²) in [5.41, 5.74) is 4.32. The number of aromatic amines is 1. The number of imidazole rings is 1. The number of pyridine rings is 1. The molecule has 33 heavy (non-hydrogen) atoms. The molecule has 1 aromatic carbocycles. The molecule has 1 atom stereocenters. The molecule has 4 rings (SSSR count). The van der Waals surface area contributed by atoms with E-state index in [0.29, 0.717) is 13.2 Å². The van der Waals surface area contributed by atoms with E-state index in [1.165, 1.54) is 10.5 Å². The highest BCUT2D eigenvalue weighted by Gasteiger charge is 2.21. The molecule has 0 spiro atoms. The largest absolute Gasteiger partial charge is 0.480 e. The normalized spacial score (nSPS) is 16.9. The van der Waals surface area contributed by atoms with Crippen molar-refractivity contribution >= 4 is 40.5 Å². The van der Waals surface area contributed by atoms with Gasteiger partial charge < -0.3 is 19.6 Å². The summed E-state index contributed by atoms with van der Waals surface area (Å²) in [5.74, 6) is 0.771. The minimum atomic E-state index is -0.956. The summed E-state index contributed by atoms with van der Waals surface area (Å²) in [6, 6.07) is 10.1. The molecule has 2 N–H and O–H groups in total. The Kier molecular flexibility index (Phi) is 8.63. The Morgan fingerprint density at radius 3 is 3.06 bits per heavy atom. The lowest BCUT2D eigenvalue weighted by Gasteiger charge is -2.32. The Labute approximate surface area is 201 Å². The smallest absolute Gasteiger partial charge is 0.329 e. The first-order valence-electron chi connectivity index (χ1n) is 10.9. The highest BCUT2D eigenvalue weighted by atomic mass is 32.2. The first-order valence-corrected chi connectivity index (χ1v) is 12.8. The third-order valence-corrected chi connectivity index (χ3v) is 7.41. The fraction of sp³-hybridized carbons (Fsp3) is 0.435. The summed E-state index contributed by atoms with van der Waals surface area (Å²) in [5, 5.41) is 9.60. The number of thioether (sulfide) groups is 2. The fourth-order valence-electron chi connectivity index (χ4n) is 3.64. The van der Waals surface area contributed by atoms with Crippen LogP contribution < -0.4 is 0 Å². The lowest BCUT2D eigenvalue weighted by Crippen LogP contribution is -2.45. The topological polar surface area (TPSA) is 101 Å². The first-order chi connectivity index (χ1) is 16.1. The highest BCUT2D eigenvalue weighted by Crippen LogP contribution is 2.28. The van der Waals surface area contributed by atoms with Crippen LogP contribution in [0.4, 0.5) is 0 Å². The summed E-state index contributed by atoms with van der Waals surface area (Å²) >= 11 is 3.51. The number of aliphatic carboxylic acids is 1. The van der Waals surface area contributed by atoms with Gasteiger partial charge in [0.1, 0.15) is 6.61 Å². The van der Waals surface area contributed by atoms with Crippen molar-refractivity contribution in [2.75, 3.05) is 45.2 Å². The van der Waals surface area contributed by atoms with Crippen molar-refractivity contribution in [1.82, 2.24) is 19.9 Å². The Morgan fingerprint density at radius 1 is 1.33 bits per heavy atom. The molecule has 2 aromatic heterocycles. The summed E-state index contributed by atoms with van der Waals surface area (Å²) in [6.07, 6.45) is 1.81. The molecule has 3 heterocycles. The Hall–Kier alpha value is -2.11. The standard InChI is InChI=1S/C23H28N4O4S2/c1-16-20(15-33-23-25-18-4-2-3-5-19(18)26-23)24-7-6-21(16)32-11-9-27-8-10-31-17(12-27)13-30-14-22(28)29/h2-7,17H,8-15H2,1H3,(H,25,26)(H,28,29). The molecule has 1 aliphatic heterocycles. The molecule has 0 amide bonds. The second-order valence-corrected chi connectivity index (χ2v) is 9.88. The van der Waals surface area contributed by atoms with Crippen molar-refractivity contribution < 1.29 is 19.4 Å². The fourth-order valence-corrected chi connectivity index (χ4v) is 5.61. The third-order valence-electron chi connectivity index (χ3n) is 5.39. The number of carboxylic acid groups (broad SMARTS) is 1. The molecule has 3 aromatic rings. The number of aromatic nitrogens is 3. The SMILES string of the molecule is Cc1c(SCCN2CCOC(COCC(=O)O)C2)ccnc1CSc1nc2ccccc2[nH]1. The van der Waals surface area contributed by atoms with Crippen LogP contribution in [0.25, 0.3) is 11.0 Å². The minimum Gasteiger partial charge on any atom is -0.480 e. The van der Waals surface area contributed by atoms with Gasteiger partial charge in [0.2, 0.25) is 0 Å². The van der Waals surface area contributed by atoms with E-state index in [1.54, 1.807) is 11.8 Å². The number of rotatable bonds is 11. The Balaban J connectivity index is 1.25. The Morgan fingerprint density at radius 2 is 2.21 bits per heavy atom. The predicted octanol–water partition coefficient (Wildman–Crippen LogP) is 3.45. The monoisotopic (exact) mass is 488 g/mol. The lowest BCUT2D eigenvalue weighted by molar-refractivity contribution is -0.144. The summed E-state index contributed by atoms with van der Waals surface area (Å²) in [7, 11) is 0. The number of para-hydroxylation sites is 2. The predicted molar refractivity (Wildman–Crippen MR) is 130 cm³/mol. The van der Waals surface area contributed by atoms with Crippen molar-refractivity contribution in [3.05, 3.63) is 47.8 Å². The third kappa shape index (κ3) is 6.94. The van der Waals surface area contributed by atoms with Crippen LogP contribution in [0.5, 0.6) is 0 Å². The van der Waals surface area contributed by atoms with E-state index in [2.05, 4.69) is 32.8 Å². The number of hydrogen-bond donors (Lipinski definition) is 2. The van der Waals surface area contributed by atoms with Crippen molar-refractivity contribution in [3.63, 3.8) is 0 Å². The van der Waals surface area contributed by atoms with Crippen LogP contribution in [-0.4, -0.2) is 82.2 Å². The Bertz CT molecular complexity index is 1040. The highest BCUT2D eigenvalue weighted by molar-refractivity contribution is 7.99. The van der Waals surface area contributed by atoms with Gasteiger partial charge in [-0.15, -0.1) is 11.8 Å². The van der Waals surface area contributed by atoms with Gasteiger partial charge in [-0.2, -0.15) is 0 Å². The molecule has 0 aliphatic carbocycles. The maximum Gasteiger partial charge on any atom is 0.329 e. The molecule has 1 unspecified atom stereocenters. The number of nitrogens with one attached hydrogen (secondary N) is 1. The van der Waals surface area contributed by atoms with Crippen molar-refractivity contribution in [3.8, 4) is 0 Å². The van der Waals surface area contributed by atoms with Gasteiger partial charge in [-0.1, -0.05) is 23.9 Å².